The number of nitrogens with zero attached hydrogens (tertiary/aromatic N) is 8. The van der Waals surface area contributed by atoms with Gasteiger partial charge in [0.05, 0.1) is 6.04 Å². The minimum Gasteiger partial charge on any atom is -0.324 e. The van der Waals surface area contributed by atoms with Gasteiger partial charge in [-0.05, 0) is 40.6 Å². The average Bonchev–Trinajstić information content (AvgIpc) is 3.28. The number of carbonyl (C=O) groups is 1. The molecule has 0 spiro atoms. The van der Waals surface area contributed by atoms with E-state index in [1.807, 2.05) is 59.3 Å². The van der Waals surface area contributed by atoms with Gasteiger partial charge in [0.2, 0.25) is 11.7 Å². The Bertz CT molecular complexity index is 1150. The predicted molar refractivity (Wildman–Crippen MR) is 103 cm³/mol. The maximum atomic E-state index is 12.4. The Kier molecular flexibility index (Phi) is 4.28. The quantitative estimate of drug-likeness (QED) is 0.537. The molecule has 1 aliphatic carbocycles. The Morgan fingerprint density at radius 1 is 1.00 bits per heavy atom. The molecule has 1 aliphatic rings. The van der Waals surface area contributed by atoms with Gasteiger partial charge in [-0.15, -0.1) is 15.3 Å². The van der Waals surface area contributed by atoms with E-state index in [1.165, 1.54) is 4.80 Å². The van der Waals surface area contributed by atoms with Crippen molar-refractivity contribution in [3.05, 3.63) is 54.6 Å². The van der Waals surface area contributed by atoms with Gasteiger partial charge in [0.25, 0.3) is 0 Å². The van der Waals surface area contributed by atoms with Gasteiger partial charge in [-0.3, -0.25) is 4.79 Å². The lowest BCUT2D eigenvalue weighted by molar-refractivity contribution is -0.117. The number of anilines is 1. The molecule has 29 heavy (non-hydrogen) atoms. The van der Waals surface area contributed by atoms with Crippen molar-refractivity contribution in [2.24, 2.45) is 0 Å². The van der Waals surface area contributed by atoms with Crippen molar-refractivity contribution < 1.29 is 4.79 Å². The summed E-state index contributed by atoms with van der Waals surface area (Å²) >= 11 is 0. The van der Waals surface area contributed by atoms with Crippen molar-refractivity contribution in [2.45, 2.75) is 25.4 Å². The van der Waals surface area contributed by atoms with Crippen LogP contribution in [0.15, 0.2) is 54.6 Å². The van der Waals surface area contributed by atoms with Gasteiger partial charge in [-0.2, -0.15) is 4.80 Å². The lowest BCUT2D eigenvalue weighted by atomic mass is 10.2. The molecule has 0 saturated heterocycles. The topological polar surface area (TPSA) is 116 Å². The Labute approximate surface area is 165 Å². The van der Waals surface area contributed by atoms with E-state index >= 15 is 0 Å². The third-order valence-electron chi connectivity index (χ3n) is 4.56. The summed E-state index contributed by atoms with van der Waals surface area (Å²) in [6, 6.07) is 17.3. The van der Waals surface area contributed by atoms with Crippen LogP contribution >= 0.6 is 0 Å². The summed E-state index contributed by atoms with van der Waals surface area (Å²) in [5.74, 6) is 0.933. The van der Waals surface area contributed by atoms with Gasteiger partial charge >= 0.3 is 0 Å². The summed E-state index contributed by atoms with van der Waals surface area (Å²) in [4.78, 5) is 13.7. The van der Waals surface area contributed by atoms with Gasteiger partial charge in [0.1, 0.15) is 6.54 Å². The second-order valence-corrected chi connectivity index (χ2v) is 6.82. The van der Waals surface area contributed by atoms with Gasteiger partial charge in [-0.25, -0.2) is 4.68 Å². The first-order valence-electron chi connectivity index (χ1n) is 9.28. The molecule has 1 fully saturated rings. The minimum absolute atomic E-state index is 0.0378. The van der Waals surface area contributed by atoms with Crippen molar-refractivity contribution in [2.75, 3.05) is 5.32 Å². The van der Waals surface area contributed by atoms with Crippen LogP contribution in [0, 0.1) is 0 Å². The SMILES string of the molecule is O=C(Cn1nnc(-c2ccccc2)n1)Nc1cccc(-c2nnnn2C2CC2)c1. The molecule has 0 unspecified atom stereocenters. The number of aromatic nitrogens is 8. The molecule has 144 valence electrons. The number of carbonyl (C=O) groups excluding carboxylic acids is 1. The maximum absolute atomic E-state index is 12.4. The summed E-state index contributed by atoms with van der Waals surface area (Å²) in [5.41, 5.74) is 2.35. The summed E-state index contributed by atoms with van der Waals surface area (Å²) in [6.45, 7) is -0.0378. The Hall–Kier alpha value is -3.95. The third-order valence-corrected chi connectivity index (χ3v) is 4.56. The van der Waals surface area contributed by atoms with Crippen LogP contribution in [0.3, 0.4) is 0 Å². The average molecular weight is 387 g/mol. The summed E-state index contributed by atoms with van der Waals surface area (Å²) in [7, 11) is 0. The first-order valence-corrected chi connectivity index (χ1v) is 9.28. The maximum Gasteiger partial charge on any atom is 0.248 e. The van der Waals surface area contributed by atoms with E-state index in [0.29, 0.717) is 23.4 Å². The zero-order valence-electron chi connectivity index (χ0n) is 15.4. The molecule has 1 N–H and O–H groups in total. The van der Waals surface area contributed by atoms with Crippen LogP contribution in [-0.2, 0) is 11.3 Å². The van der Waals surface area contributed by atoms with E-state index in [1.54, 1.807) is 0 Å². The van der Waals surface area contributed by atoms with Gasteiger partial charge in [0, 0.05) is 16.8 Å². The molecule has 1 saturated carbocycles. The lowest BCUT2D eigenvalue weighted by Gasteiger charge is -2.07. The smallest absolute Gasteiger partial charge is 0.248 e. The fourth-order valence-corrected chi connectivity index (χ4v) is 3.03. The van der Waals surface area contributed by atoms with Gasteiger partial charge < -0.3 is 5.32 Å². The monoisotopic (exact) mass is 387 g/mol. The normalized spacial score (nSPS) is 13.4. The molecule has 2 aromatic heterocycles. The summed E-state index contributed by atoms with van der Waals surface area (Å²) in [5, 5.41) is 27.1. The number of amides is 1. The molecule has 5 rings (SSSR count). The number of hydrogen-bond acceptors (Lipinski definition) is 7. The highest BCUT2D eigenvalue weighted by molar-refractivity contribution is 5.91. The molecule has 0 atom stereocenters. The summed E-state index contributed by atoms with van der Waals surface area (Å²) < 4.78 is 1.84. The fourth-order valence-electron chi connectivity index (χ4n) is 3.03. The molecule has 1 amide bonds. The predicted octanol–water partition coefficient (Wildman–Crippen LogP) is 1.97. The van der Waals surface area contributed by atoms with Gasteiger partial charge in [0.15, 0.2) is 5.82 Å². The zero-order valence-corrected chi connectivity index (χ0v) is 15.4. The second kappa shape index (κ2) is 7.23. The highest BCUT2D eigenvalue weighted by atomic mass is 16.2. The van der Waals surface area contributed by atoms with Gasteiger partial charge in [-0.1, -0.05) is 42.5 Å². The molecule has 2 heterocycles. The van der Waals surface area contributed by atoms with E-state index in [4.69, 9.17) is 0 Å². The number of nitrogens with one attached hydrogen (secondary N) is 1. The first kappa shape index (κ1) is 17.2. The minimum atomic E-state index is -0.249. The van der Waals surface area contributed by atoms with E-state index < -0.39 is 0 Å². The largest absolute Gasteiger partial charge is 0.324 e. The van der Waals surface area contributed by atoms with Crippen LogP contribution in [0.2, 0.25) is 0 Å². The summed E-state index contributed by atoms with van der Waals surface area (Å²) in [6.07, 6.45) is 2.18. The zero-order chi connectivity index (χ0) is 19.6. The lowest BCUT2D eigenvalue weighted by Crippen LogP contribution is -2.20. The number of hydrogen-bond donors (Lipinski definition) is 1. The van der Waals surface area contributed by atoms with Crippen molar-refractivity contribution in [3.63, 3.8) is 0 Å². The van der Waals surface area contributed by atoms with Crippen molar-refractivity contribution in [3.8, 4) is 22.8 Å². The van der Waals surface area contributed by atoms with Crippen molar-refractivity contribution >= 4 is 11.6 Å². The van der Waals surface area contributed by atoms with Crippen LogP contribution in [-0.4, -0.2) is 46.3 Å². The molecule has 0 aliphatic heterocycles. The molecule has 0 bridgehead atoms. The van der Waals surface area contributed by atoms with Crippen LogP contribution in [0.4, 0.5) is 5.69 Å². The van der Waals surface area contributed by atoms with Crippen LogP contribution in [0.1, 0.15) is 18.9 Å². The fraction of sp³-hybridized carbons (Fsp3) is 0.211. The number of benzene rings is 2. The Balaban J connectivity index is 1.28. The molecule has 2 aromatic carbocycles. The number of tetrazole rings is 2. The highest BCUT2D eigenvalue weighted by Crippen LogP contribution is 2.36. The van der Waals surface area contributed by atoms with E-state index in [9.17, 15) is 4.79 Å². The molecule has 10 nitrogen and oxygen atoms in total. The Morgan fingerprint density at radius 2 is 1.83 bits per heavy atom. The Morgan fingerprint density at radius 3 is 2.66 bits per heavy atom. The van der Waals surface area contributed by atoms with E-state index in [-0.39, 0.29) is 12.5 Å². The molecule has 0 radical (unpaired) electrons. The van der Waals surface area contributed by atoms with Crippen molar-refractivity contribution in [1.29, 1.82) is 0 Å². The second-order valence-electron chi connectivity index (χ2n) is 6.82. The molecular weight excluding hydrogens is 370 g/mol. The van der Waals surface area contributed by atoms with Crippen LogP contribution in [0.25, 0.3) is 22.8 Å². The van der Waals surface area contributed by atoms with Crippen LogP contribution < -0.4 is 5.32 Å². The van der Waals surface area contributed by atoms with E-state index in [2.05, 4.69) is 36.3 Å². The molecule has 10 heteroatoms. The molecule has 4 aromatic rings. The first-order chi connectivity index (χ1) is 14.3. The van der Waals surface area contributed by atoms with Crippen LogP contribution in [0.5, 0.6) is 0 Å². The third kappa shape index (κ3) is 3.72. The van der Waals surface area contributed by atoms with E-state index in [0.717, 1.165) is 24.0 Å². The van der Waals surface area contributed by atoms with Crippen molar-refractivity contribution in [1.82, 2.24) is 40.4 Å². The number of rotatable bonds is 6. The molecular formula is C19H17N9O. The standard InChI is InChI=1S/C19H17N9O/c29-17(12-27-23-18(21-25-27)13-5-2-1-3-6-13)20-15-8-4-7-14(11-15)19-22-24-26-28(19)16-9-10-16/h1-8,11,16H,9-10,12H2,(H,20,29). The highest BCUT2D eigenvalue weighted by Gasteiger charge is 2.28.